The van der Waals surface area contributed by atoms with E-state index in [2.05, 4.69) is 9.71 Å². The predicted molar refractivity (Wildman–Crippen MR) is 112 cm³/mol. The van der Waals surface area contributed by atoms with Gasteiger partial charge < -0.3 is 9.72 Å². The van der Waals surface area contributed by atoms with Gasteiger partial charge in [-0.05, 0) is 60.7 Å². The molecule has 3 aromatic carbocycles. The van der Waals surface area contributed by atoms with Crippen LogP contribution in [0.2, 0.25) is 10.0 Å². The van der Waals surface area contributed by atoms with Crippen LogP contribution in [0.3, 0.4) is 0 Å². The van der Waals surface area contributed by atoms with Gasteiger partial charge in [0.25, 0.3) is 10.0 Å². The molecule has 5 nitrogen and oxygen atoms in total. The van der Waals surface area contributed by atoms with Crippen LogP contribution in [0.5, 0.6) is 11.5 Å². The second kappa shape index (κ2) is 7.59. The van der Waals surface area contributed by atoms with Gasteiger partial charge in [-0.3, -0.25) is 4.72 Å². The van der Waals surface area contributed by atoms with Gasteiger partial charge in [0.2, 0.25) is 0 Å². The SMILES string of the molecule is O=S(=O)(Nc1ccc(Cl)c2c(Cl)c[nH]c12)c1ccc(Oc2ccc(F)cc2)cc1. The minimum absolute atomic E-state index is 0.0460. The van der Waals surface area contributed by atoms with Gasteiger partial charge in [-0.25, -0.2) is 12.8 Å². The molecular weight excluding hydrogens is 438 g/mol. The lowest BCUT2D eigenvalue weighted by atomic mass is 10.2. The third kappa shape index (κ3) is 4.03. The molecule has 0 saturated heterocycles. The fourth-order valence-electron chi connectivity index (χ4n) is 2.78. The Labute approximate surface area is 176 Å². The van der Waals surface area contributed by atoms with E-state index in [1.165, 1.54) is 54.7 Å². The van der Waals surface area contributed by atoms with Crippen LogP contribution in [0, 0.1) is 5.82 Å². The van der Waals surface area contributed by atoms with Crippen LogP contribution in [0.4, 0.5) is 10.1 Å². The Morgan fingerprint density at radius 3 is 2.14 bits per heavy atom. The average molecular weight is 451 g/mol. The minimum Gasteiger partial charge on any atom is -0.457 e. The summed E-state index contributed by atoms with van der Waals surface area (Å²) in [6, 6.07) is 14.5. The van der Waals surface area contributed by atoms with Crippen LogP contribution >= 0.6 is 23.2 Å². The molecule has 0 bridgehead atoms. The van der Waals surface area contributed by atoms with Crippen LogP contribution in [0.1, 0.15) is 0 Å². The van der Waals surface area contributed by atoms with Crippen molar-refractivity contribution in [2.24, 2.45) is 0 Å². The number of nitrogens with one attached hydrogen (secondary N) is 2. The first-order valence-electron chi connectivity index (χ1n) is 8.35. The molecule has 0 aliphatic carbocycles. The molecule has 0 unspecified atom stereocenters. The summed E-state index contributed by atoms with van der Waals surface area (Å²) in [7, 11) is -3.86. The van der Waals surface area contributed by atoms with Gasteiger partial charge in [-0.15, -0.1) is 0 Å². The van der Waals surface area contributed by atoms with Gasteiger partial charge in [-0.2, -0.15) is 0 Å². The number of halogens is 3. The molecule has 0 fully saturated rings. The van der Waals surface area contributed by atoms with Gasteiger partial charge in [0.15, 0.2) is 0 Å². The van der Waals surface area contributed by atoms with Crippen LogP contribution < -0.4 is 9.46 Å². The molecule has 4 rings (SSSR count). The smallest absolute Gasteiger partial charge is 0.261 e. The highest BCUT2D eigenvalue weighted by molar-refractivity contribution is 7.92. The molecule has 1 aromatic heterocycles. The molecule has 2 N–H and O–H groups in total. The summed E-state index contributed by atoms with van der Waals surface area (Å²) in [4.78, 5) is 2.97. The van der Waals surface area contributed by atoms with Crippen molar-refractivity contribution in [2.45, 2.75) is 4.90 Å². The van der Waals surface area contributed by atoms with E-state index in [1.807, 2.05) is 0 Å². The Kier molecular flexibility index (Phi) is 5.12. The van der Waals surface area contributed by atoms with E-state index in [4.69, 9.17) is 27.9 Å². The maximum absolute atomic E-state index is 13.0. The lowest BCUT2D eigenvalue weighted by Gasteiger charge is -2.11. The fraction of sp³-hybridized carbons (Fsp3) is 0. The quantitative estimate of drug-likeness (QED) is 0.379. The van der Waals surface area contributed by atoms with Crippen LogP contribution in [-0.4, -0.2) is 13.4 Å². The Hall–Kier alpha value is -2.74. The summed E-state index contributed by atoms with van der Waals surface area (Å²) in [5.74, 6) is 0.484. The zero-order chi connectivity index (χ0) is 20.6. The molecule has 1 heterocycles. The van der Waals surface area contributed by atoms with Crippen molar-refractivity contribution < 1.29 is 17.5 Å². The van der Waals surface area contributed by atoms with Gasteiger partial charge in [-0.1, -0.05) is 23.2 Å². The molecule has 0 amide bonds. The number of H-pyrrole nitrogens is 1. The van der Waals surface area contributed by atoms with E-state index in [0.29, 0.717) is 38.1 Å². The maximum Gasteiger partial charge on any atom is 0.261 e. The van der Waals surface area contributed by atoms with E-state index >= 15 is 0 Å². The van der Waals surface area contributed by atoms with Crippen LogP contribution in [-0.2, 0) is 10.0 Å². The number of aromatic nitrogens is 1. The highest BCUT2D eigenvalue weighted by Crippen LogP contribution is 2.35. The van der Waals surface area contributed by atoms with Crippen molar-refractivity contribution in [2.75, 3.05) is 4.72 Å². The Morgan fingerprint density at radius 1 is 0.862 bits per heavy atom. The molecule has 0 radical (unpaired) electrons. The second-order valence-electron chi connectivity index (χ2n) is 6.11. The molecule has 29 heavy (non-hydrogen) atoms. The monoisotopic (exact) mass is 450 g/mol. The lowest BCUT2D eigenvalue weighted by molar-refractivity contribution is 0.480. The Bertz CT molecular complexity index is 1290. The highest BCUT2D eigenvalue weighted by atomic mass is 35.5. The van der Waals surface area contributed by atoms with Crippen molar-refractivity contribution >= 4 is 49.8 Å². The molecule has 148 valence electrons. The zero-order valence-corrected chi connectivity index (χ0v) is 16.9. The largest absolute Gasteiger partial charge is 0.457 e. The van der Waals surface area contributed by atoms with E-state index < -0.39 is 10.0 Å². The minimum atomic E-state index is -3.86. The Balaban J connectivity index is 1.58. The molecule has 4 aromatic rings. The number of fused-ring (bicyclic) bond motifs is 1. The van der Waals surface area contributed by atoms with Crippen molar-refractivity contribution in [3.63, 3.8) is 0 Å². The van der Waals surface area contributed by atoms with Crippen molar-refractivity contribution in [1.29, 1.82) is 0 Å². The third-order valence-corrected chi connectivity index (χ3v) is 6.16. The van der Waals surface area contributed by atoms with Gasteiger partial charge in [0, 0.05) is 11.6 Å². The number of aromatic amines is 1. The van der Waals surface area contributed by atoms with E-state index in [0.717, 1.165) is 0 Å². The van der Waals surface area contributed by atoms with E-state index in [1.54, 1.807) is 12.1 Å². The van der Waals surface area contributed by atoms with Gasteiger partial charge in [0.1, 0.15) is 17.3 Å². The first-order chi connectivity index (χ1) is 13.8. The molecule has 9 heteroatoms. The number of ether oxygens (including phenoxy) is 1. The fourth-order valence-corrected chi connectivity index (χ4v) is 4.41. The molecule has 0 saturated carbocycles. The highest BCUT2D eigenvalue weighted by Gasteiger charge is 2.18. The summed E-state index contributed by atoms with van der Waals surface area (Å²) in [5.41, 5.74) is 0.810. The molecule has 0 aliphatic rings. The predicted octanol–water partition coefficient (Wildman–Crippen LogP) is 6.21. The first-order valence-corrected chi connectivity index (χ1v) is 10.6. The molecular formula is C20H13Cl2FN2O3S. The molecule has 0 aliphatic heterocycles. The zero-order valence-electron chi connectivity index (χ0n) is 14.6. The maximum atomic E-state index is 13.0. The van der Waals surface area contributed by atoms with E-state index in [9.17, 15) is 12.8 Å². The summed E-state index contributed by atoms with van der Waals surface area (Å²) < 4.78 is 46.6. The summed E-state index contributed by atoms with van der Waals surface area (Å²) in [6.45, 7) is 0. The summed E-state index contributed by atoms with van der Waals surface area (Å²) >= 11 is 12.2. The van der Waals surface area contributed by atoms with Gasteiger partial charge >= 0.3 is 0 Å². The number of sulfonamides is 1. The average Bonchev–Trinajstić information content (AvgIpc) is 3.09. The standard InChI is InChI=1S/C20H13Cl2FN2O3S/c21-16-9-10-18(20-19(16)17(22)11-24-20)25-29(26,27)15-7-5-14(6-8-15)28-13-3-1-12(23)2-4-13/h1-11,24-25H. The number of benzene rings is 3. The number of anilines is 1. The van der Waals surface area contributed by atoms with Crippen molar-refractivity contribution in [3.8, 4) is 11.5 Å². The summed E-state index contributed by atoms with van der Waals surface area (Å²) in [6.07, 6.45) is 1.54. The summed E-state index contributed by atoms with van der Waals surface area (Å²) in [5, 5.41) is 1.35. The molecule has 0 atom stereocenters. The number of rotatable bonds is 5. The number of hydrogen-bond acceptors (Lipinski definition) is 3. The van der Waals surface area contributed by atoms with E-state index in [-0.39, 0.29) is 10.7 Å². The van der Waals surface area contributed by atoms with Crippen LogP contribution in [0.25, 0.3) is 10.9 Å². The number of hydrogen-bond donors (Lipinski definition) is 2. The molecule has 0 spiro atoms. The third-order valence-electron chi connectivity index (χ3n) is 4.16. The second-order valence-corrected chi connectivity index (χ2v) is 8.61. The van der Waals surface area contributed by atoms with Gasteiger partial charge in [0.05, 0.1) is 26.1 Å². The van der Waals surface area contributed by atoms with Crippen molar-refractivity contribution in [1.82, 2.24) is 4.98 Å². The van der Waals surface area contributed by atoms with Crippen molar-refractivity contribution in [3.05, 3.63) is 82.7 Å². The topological polar surface area (TPSA) is 71.2 Å². The van der Waals surface area contributed by atoms with Crippen LogP contribution in [0.15, 0.2) is 71.8 Å². The Morgan fingerprint density at radius 2 is 1.48 bits per heavy atom. The lowest BCUT2D eigenvalue weighted by Crippen LogP contribution is -2.13. The normalized spacial score (nSPS) is 11.6. The first kappa shape index (κ1) is 19.6.